The monoisotopic (exact) mass is 505 g/mol. The van der Waals surface area contributed by atoms with Crippen LogP contribution in [0.2, 0.25) is 10.0 Å². The summed E-state index contributed by atoms with van der Waals surface area (Å²) in [6.45, 7) is 5.26. The zero-order valence-corrected chi connectivity index (χ0v) is 20.3. The predicted molar refractivity (Wildman–Crippen MR) is 133 cm³/mol. The summed E-state index contributed by atoms with van der Waals surface area (Å²) >= 11 is 12.0. The largest absolute Gasteiger partial charge is 0.371 e. The Morgan fingerprint density at radius 1 is 1.15 bits per heavy atom. The summed E-state index contributed by atoms with van der Waals surface area (Å²) in [4.78, 5) is 38.3. The fourth-order valence-corrected chi connectivity index (χ4v) is 4.16. The van der Waals surface area contributed by atoms with Crippen molar-refractivity contribution in [1.29, 1.82) is 0 Å². The number of non-ortho nitro benzene ring substituents is 1. The molecule has 1 aliphatic rings. The van der Waals surface area contributed by atoms with Crippen molar-refractivity contribution in [1.82, 2.24) is 10.7 Å². The van der Waals surface area contributed by atoms with Crippen LogP contribution in [0.25, 0.3) is 0 Å². The smallest absolute Gasteiger partial charge is 0.270 e. The van der Waals surface area contributed by atoms with Gasteiger partial charge in [0.15, 0.2) is 0 Å². The fraction of sp³-hybridized carbons (Fsp3) is 0.348. The average Bonchev–Trinajstić information content (AvgIpc) is 3.31. The molecule has 2 amide bonds. The van der Waals surface area contributed by atoms with E-state index in [0.717, 1.165) is 31.6 Å². The van der Waals surface area contributed by atoms with E-state index in [0.29, 0.717) is 10.6 Å². The molecule has 1 unspecified atom stereocenters. The zero-order valence-electron chi connectivity index (χ0n) is 18.8. The minimum absolute atomic E-state index is 0.0668. The normalized spacial score (nSPS) is 14.4. The Labute approximate surface area is 207 Å². The summed E-state index contributed by atoms with van der Waals surface area (Å²) < 4.78 is 0. The van der Waals surface area contributed by atoms with E-state index in [-0.39, 0.29) is 22.2 Å². The summed E-state index contributed by atoms with van der Waals surface area (Å²) in [6, 6.07) is 8.15. The number of hydrogen-bond donors (Lipinski definition) is 2. The maximum atomic E-state index is 12.8. The van der Waals surface area contributed by atoms with Gasteiger partial charge in [-0.05, 0) is 43.0 Å². The summed E-state index contributed by atoms with van der Waals surface area (Å²) in [5.74, 6) is -1.30. The van der Waals surface area contributed by atoms with Gasteiger partial charge in [-0.25, -0.2) is 5.43 Å². The van der Waals surface area contributed by atoms with E-state index >= 15 is 0 Å². The maximum Gasteiger partial charge on any atom is 0.270 e. The van der Waals surface area contributed by atoms with Gasteiger partial charge >= 0.3 is 0 Å². The van der Waals surface area contributed by atoms with E-state index in [9.17, 15) is 19.7 Å². The fourth-order valence-electron chi connectivity index (χ4n) is 3.67. The molecule has 180 valence electrons. The number of carbonyl (C=O) groups excluding carboxylic acids is 2. The molecule has 3 rings (SSSR count). The number of carbonyl (C=O) groups is 2. The number of nitro benzene ring substituents is 1. The minimum Gasteiger partial charge on any atom is -0.371 e. The number of halogens is 2. The van der Waals surface area contributed by atoms with Crippen molar-refractivity contribution in [2.24, 2.45) is 11.0 Å². The SMILES string of the molecule is CC(C)C(NC(=O)c1ccc(Cl)cc1Cl)C(=O)N/N=C/c1cc([N+](=O)[O-])ccc1N1CCCC1. The Morgan fingerprint density at radius 3 is 2.47 bits per heavy atom. The Bertz CT molecular complexity index is 1120. The van der Waals surface area contributed by atoms with Gasteiger partial charge in [0.05, 0.1) is 21.7 Å². The van der Waals surface area contributed by atoms with E-state index in [1.165, 1.54) is 36.5 Å². The third-order valence-corrected chi connectivity index (χ3v) is 6.01. The van der Waals surface area contributed by atoms with Gasteiger partial charge in [0, 0.05) is 41.5 Å². The predicted octanol–water partition coefficient (Wildman–Crippen LogP) is 4.41. The molecule has 2 aromatic carbocycles. The Morgan fingerprint density at radius 2 is 1.85 bits per heavy atom. The minimum atomic E-state index is -0.889. The number of nitrogens with one attached hydrogen (secondary N) is 2. The van der Waals surface area contributed by atoms with Gasteiger partial charge in [-0.2, -0.15) is 5.10 Å². The zero-order chi connectivity index (χ0) is 24.8. The highest BCUT2D eigenvalue weighted by Gasteiger charge is 2.25. The van der Waals surface area contributed by atoms with Gasteiger partial charge in [-0.15, -0.1) is 0 Å². The van der Waals surface area contributed by atoms with Crippen LogP contribution >= 0.6 is 23.2 Å². The number of hydrazone groups is 1. The van der Waals surface area contributed by atoms with Crippen molar-refractivity contribution in [3.63, 3.8) is 0 Å². The van der Waals surface area contributed by atoms with Gasteiger partial charge in [0.2, 0.25) is 0 Å². The highest BCUT2D eigenvalue weighted by Crippen LogP contribution is 2.27. The Kier molecular flexibility index (Phi) is 8.46. The van der Waals surface area contributed by atoms with Crippen LogP contribution in [0.1, 0.15) is 42.6 Å². The van der Waals surface area contributed by atoms with Crippen molar-refractivity contribution in [2.75, 3.05) is 18.0 Å². The van der Waals surface area contributed by atoms with Crippen LogP contribution in [0.3, 0.4) is 0 Å². The molecule has 1 aliphatic heterocycles. The number of nitrogens with zero attached hydrogens (tertiary/aromatic N) is 3. The molecule has 0 radical (unpaired) electrons. The highest BCUT2D eigenvalue weighted by molar-refractivity contribution is 6.36. The topological polar surface area (TPSA) is 117 Å². The molecule has 11 heteroatoms. The molecule has 0 saturated carbocycles. The van der Waals surface area contributed by atoms with E-state index in [1.807, 2.05) is 0 Å². The molecule has 0 spiro atoms. The van der Waals surface area contributed by atoms with Crippen LogP contribution in [0.5, 0.6) is 0 Å². The molecule has 1 fully saturated rings. The summed E-state index contributed by atoms with van der Waals surface area (Å²) in [6.07, 6.45) is 3.46. The maximum absolute atomic E-state index is 12.8. The lowest BCUT2D eigenvalue weighted by atomic mass is 10.0. The third-order valence-electron chi connectivity index (χ3n) is 5.46. The first-order valence-electron chi connectivity index (χ1n) is 10.8. The van der Waals surface area contributed by atoms with Crippen LogP contribution in [0, 0.1) is 16.0 Å². The standard InChI is InChI=1S/C23H25Cl2N5O4/c1-14(2)21(27-22(31)18-7-5-16(24)12-19(18)25)23(32)28-26-13-15-11-17(30(33)34)6-8-20(15)29-9-3-4-10-29/h5-8,11-14,21H,3-4,9-10H2,1-2H3,(H,27,31)(H,28,32)/b26-13+. The number of rotatable bonds is 8. The highest BCUT2D eigenvalue weighted by atomic mass is 35.5. The van der Waals surface area contributed by atoms with Crippen molar-refractivity contribution < 1.29 is 14.5 Å². The summed E-state index contributed by atoms with van der Waals surface area (Å²) in [5.41, 5.74) is 3.90. The molecule has 0 aliphatic carbocycles. The lowest BCUT2D eigenvalue weighted by Crippen LogP contribution is -2.48. The van der Waals surface area contributed by atoms with E-state index in [2.05, 4.69) is 20.7 Å². The molecule has 1 saturated heterocycles. The molecule has 9 nitrogen and oxygen atoms in total. The van der Waals surface area contributed by atoms with Gasteiger partial charge in [-0.1, -0.05) is 37.0 Å². The lowest BCUT2D eigenvalue weighted by molar-refractivity contribution is -0.384. The van der Waals surface area contributed by atoms with Crippen LogP contribution in [0.15, 0.2) is 41.5 Å². The van der Waals surface area contributed by atoms with Crippen LogP contribution in [-0.2, 0) is 4.79 Å². The second-order valence-corrected chi connectivity index (χ2v) is 9.09. The molecule has 1 atom stereocenters. The number of nitro groups is 1. The molecule has 0 bridgehead atoms. The number of amides is 2. The van der Waals surface area contributed by atoms with E-state index < -0.39 is 22.8 Å². The van der Waals surface area contributed by atoms with E-state index in [4.69, 9.17) is 23.2 Å². The van der Waals surface area contributed by atoms with Crippen molar-refractivity contribution in [3.8, 4) is 0 Å². The van der Waals surface area contributed by atoms with Crippen LogP contribution in [-0.4, -0.2) is 42.1 Å². The van der Waals surface area contributed by atoms with Gasteiger partial charge in [-0.3, -0.25) is 19.7 Å². The van der Waals surface area contributed by atoms with Gasteiger partial charge in [0.25, 0.3) is 17.5 Å². The number of benzene rings is 2. The molecule has 0 aromatic heterocycles. The van der Waals surface area contributed by atoms with Crippen LogP contribution in [0.4, 0.5) is 11.4 Å². The first kappa shape index (κ1) is 25.5. The van der Waals surface area contributed by atoms with E-state index in [1.54, 1.807) is 19.9 Å². The first-order valence-corrected chi connectivity index (χ1v) is 11.5. The number of anilines is 1. The Hall–Kier alpha value is -3.17. The quantitative estimate of drug-likeness (QED) is 0.313. The Balaban J connectivity index is 1.74. The molecule has 2 aromatic rings. The molecule has 34 heavy (non-hydrogen) atoms. The molecule has 2 N–H and O–H groups in total. The van der Waals surface area contributed by atoms with Crippen molar-refractivity contribution in [3.05, 3.63) is 67.7 Å². The van der Waals surface area contributed by atoms with Crippen LogP contribution < -0.4 is 15.6 Å². The third kappa shape index (κ3) is 6.24. The van der Waals surface area contributed by atoms with Crippen molar-refractivity contribution in [2.45, 2.75) is 32.7 Å². The van der Waals surface area contributed by atoms with Gasteiger partial charge < -0.3 is 10.2 Å². The van der Waals surface area contributed by atoms with Crippen molar-refractivity contribution >= 4 is 52.6 Å². The lowest BCUT2D eigenvalue weighted by Gasteiger charge is -2.21. The summed E-state index contributed by atoms with van der Waals surface area (Å²) in [7, 11) is 0. The second kappa shape index (κ2) is 11.3. The second-order valence-electron chi connectivity index (χ2n) is 8.25. The molecular formula is C23H25Cl2N5O4. The van der Waals surface area contributed by atoms with Gasteiger partial charge in [0.1, 0.15) is 6.04 Å². The average molecular weight is 506 g/mol. The first-order chi connectivity index (χ1) is 16.2. The summed E-state index contributed by atoms with van der Waals surface area (Å²) in [5, 5.41) is 18.5. The molecular weight excluding hydrogens is 481 g/mol. The molecule has 1 heterocycles. The number of hydrogen-bond acceptors (Lipinski definition) is 6.